The lowest BCUT2D eigenvalue weighted by Crippen LogP contribution is -2.26. The summed E-state index contributed by atoms with van der Waals surface area (Å²) in [5.74, 6) is 2.08. The van der Waals surface area contributed by atoms with E-state index in [4.69, 9.17) is 5.73 Å². The number of pyridine rings is 1. The van der Waals surface area contributed by atoms with Crippen LogP contribution in [0.1, 0.15) is 11.3 Å². The van der Waals surface area contributed by atoms with E-state index in [1.807, 2.05) is 17.8 Å². The van der Waals surface area contributed by atoms with Crippen molar-refractivity contribution in [1.29, 1.82) is 0 Å². The summed E-state index contributed by atoms with van der Waals surface area (Å²) in [5.41, 5.74) is 8.27. The molecule has 2 N–H and O–H groups in total. The van der Waals surface area contributed by atoms with Crippen LogP contribution >= 0.6 is 11.8 Å². The van der Waals surface area contributed by atoms with E-state index >= 15 is 0 Å². The zero-order valence-electron chi connectivity index (χ0n) is 7.54. The number of nitrogens with zero attached hydrogens (tertiary/aromatic N) is 1. The fraction of sp³-hybridized carbons (Fsp3) is 0.444. The molecule has 0 unspecified atom stereocenters. The molecule has 1 aromatic heterocycles. The van der Waals surface area contributed by atoms with Crippen LogP contribution in [0.4, 0.5) is 5.69 Å². The lowest BCUT2D eigenvalue weighted by Gasteiger charge is -2.18. The van der Waals surface area contributed by atoms with Crippen LogP contribution in [0.5, 0.6) is 0 Å². The Morgan fingerprint density at radius 3 is 3.15 bits per heavy atom. The van der Waals surface area contributed by atoms with Crippen molar-refractivity contribution in [2.24, 2.45) is 7.05 Å². The highest BCUT2D eigenvalue weighted by Gasteiger charge is 2.14. The largest absolute Gasteiger partial charge is 0.394 e. The lowest BCUT2D eigenvalue weighted by molar-refractivity contribution is 0.771. The summed E-state index contributed by atoms with van der Waals surface area (Å²) in [4.78, 5) is 11.5. The highest BCUT2D eigenvalue weighted by atomic mass is 32.2. The number of nitrogens with two attached hydrogens (primary N) is 1. The van der Waals surface area contributed by atoms with E-state index in [0.717, 1.165) is 23.6 Å². The van der Waals surface area contributed by atoms with Crippen molar-refractivity contribution < 1.29 is 0 Å². The summed E-state index contributed by atoms with van der Waals surface area (Å²) < 4.78 is 1.68. The van der Waals surface area contributed by atoms with Crippen LogP contribution in [0.25, 0.3) is 0 Å². The molecule has 0 amide bonds. The van der Waals surface area contributed by atoms with E-state index < -0.39 is 0 Å². The van der Waals surface area contributed by atoms with Crippen LogP contribution in [0.15, 0.2) is 10.9 Å². The molecule has 1 aromatic rings. The van der Waals surface area contributed by atoms with Crippen LogP contribution in [-0.4, -0.2) is 10.3 Å². The van der Waals surface area contributed by atoms with Crippen molar-refractivity contribution in [3.8, 4) is 0 Å². The molecule has 2 heterocycles. The molecule has 0 saturated heterocycles. The molecule has 3 nitrogen and oxygen atoms in total. The number of hydrogen-bond donors (Lipinski definition) is 1. The van der Waals surface area contributed by atoms with Crippen molar-refractivity contribution in [1.82, 2.24) is 4.57 Å². The number of aromatic nitrogens is 1. The van der Waals surface area contributed by atoms with Gasteiger partial charge in [0.05, 0.1) is 5.69 Å². The third kappa shape index (κ3) is 1.35. The number of nitrogen functional groups attached to an aromatic ring is 1. The molecular weight excluding hydrogens is 184 g/mol. The molecule has 0 bridgehead atoms. The maximum atomic E-state index is 11.5. The Balaban J connectivity index is 2.67. The predicted octanol–water partition coefficient (Wildman–Crippen LogP) is 0.757. The number of rotatable bonds is 0. The quantitative estimate of drug-likeness (QED) is 0.666. The minimum atomic E-state index is -0.0642. The Bertz CT molecular complexity index is 397. The van der Waals surface area contributed by atoms with E-state index in [0.29, 0.717) is 5.69 Å². The molecule has 13 heavy (non-hydrogen) atoms. The van der Waals surface area contributed by atoms with Crippen molar-refractivity contribution in [2.45, 2.75) is 12.2 Å². The van der Waals surface area contributed by atoms with Gasteiger partial charge in [-0.2, -0.15) is 11.8 Å². The van der Waals surface area contributed by atoms with Gasteiger partial charge >= 0.3 is 0 Å². The standard InChI is InChI=1S/C9H12N2OS/c1-11-8-2-3-13-5-6(8)4-7(10)9(11)12/h4H,2-3,5,10H2,1H3. The maximum Gasteiger partial charge on any atom is 0.273 e. The molecule has 1 aliphatic heterocycles. The normalized spacial score (nSPS) is 15.5. The molecule has 0 aliphatic carbocycles. The third-order valence-electron chi connectivity index (χ3n) is 2.40. The molecule has 0 aromatic carbocycles. The van der Waals surface area contributed by atoms with Crippen LogP contribution < -0.4 is 11.3 Å². The molecule has 70 valence electrons. The first-order chi connectivity index (χ1) is 6.20. The van der Waals surface area contributed by atoms with E-state index in [9.17, 15) is 4.79 Å². The molecule has 1 aliphatic rings. The first-order valence-corrected chi connectivity index (χ1v) is 5.40. The smallest absolute Gasteiger partial charge is 0.273 e. The van der Waals surface area contributed by atoms with Crippen LogP contribution in [0.3, 0.4) is 0 Å². The van der Waals surface area contributed by atoms with Gasteiger partial charge in [-0.15, -0.1) is 0 Å². The first-order valence-electron chi connectivity index (χ1n) is 4.25. The van der Waals surface area contributed by atoms with E-state index in [-0.39, 0.29) is 5.56 Å². The molecule has 4 heteroatoms. The van der Waals surface area contributed by atoms with Gasteiger partial charge < -0.3 is 10.3 Å². The van der Waals surface area contributed by atoms with E-state index in [2.05, 4.69) is 0 Å². The second-order valence-electron chi connectivity index (χ2n) is 3.24. The Morgan fingerprint density at radius 1 is 1.62 bits per heavy atom. The zero-order valence-corrected chi connectivity index (χ0v) is 8.36. The van der Waals surface area contributed by atoms with Crippen LogP contribution in [0.2, 0.25) is 0 Å². The molecular formula is C9H12N2OS. The minimum Gasteiger partial charge on any atom is -0.394 e. The highest BCUT2D eigenvalue weighted by Crippen LogP contribution is 2.23. The van der Waals surface area contributed by atoms with Crippen molar-refractivity contribution >= 4 is 17.4 Å². The summed E-state index contributed by atoms with van der Waals surface area (Å²) in [6, 6.07) is 1.82. The van der Waals surface area contributed by atoms with Gasteiger partial charge in [-0.25, -0.2) is 0 Å². The van der Waals surface area contributed by atoms with Gasteiger partial charge in [-0.05, 0) is 23.8 Å². The zero-order chi connectivity index (χ0) is 9.42. The molecule has 0 radical (unpaired) electrons. The predicted molar refractivity (Wildman–Crippen MR) is 56.0 cm³/mol. The van der Waals surface area contributed by atoms with Crippen LogP contribution in [-0.2, 0) is 19.2 Å². The summed E-state index contributed by atoms with van der Waals surface area (Å²) in [5, 5.41) is 0. The van der Waals surface area contributed by atoms with Gasteiger partial charge in [0.15, 0.2) is 0 Å². The van der Waals surface area contributed by atoms with Gasteiger partial charge in [0.1, 0.15) is 0 Å². The van der Waals surface area contributed by atoms with Gasteiger partial charge in [-0.1, -0.05) is 0 Å². The van der Waals surface area contributed by atoms with Gasteiger partial charge in [0, 0.05) is 18.5 Å². The summed E-state index contributed by atoms with van der Waals surface area (Å²) >= 11 is 1.89. The average Bonchev–Trinajstić information content (AvgIpc) is 2.15. The minimum absolute atomic E-state index is 0.0642. The second kappa shape index (κ2) is 3.10. The van der Waals surface area contributed by atoms with Gasteiger partial charge in [0.2, 0.25) is 0 Å². The Morgan fingerprint density at radius 2 is 2.38 bits per heavy atom. The van der Waals surface area contributed by atoms with Crippen molar-refractivity contribution in [3.63, 3.8) is 0 Å². The summed E-state index contributed by atoms with van der Waals surface area (Å²) in [7, 11) is 1.80. The molecule has 2 rings (SSSR count). The van der Waals surface area contributed by atoms with Gasteiger partial charge in [0.25, 0.3) is 5.56 Å². The summed E-state index contributed by atoms with van der Waals surface area (Å²) in [6.45, 7) is 0. The highest BCUT2D eigenvalue weighted by molar-refractivity contribution is 7.98. The third-order valence-corrected chi connectivity index (χ3v) is 3.41. The van der Waals surface area contributed by atoms with Crippen molar-refractivity contribution in [3.05, 3.63) is 27.7 Å². The average molecular weight is 196 g/mol. The molecule has 0 fully saturated rings. The Hall–Kier alpha value is -0.900. The number of thioether (sulfide) groups is 1. The first kappa shape index (κ1) is 8.69. The molecule has 0 spiro atoms. The Kier molecular flexibility index (Phi) is 2.07. The maximum absolute atomic E-state index is 11.5. The van der Waals surface area contributed by atoms with Crippen LogP contribution in [0, 0.1) is 0 Å². The number of hydrogen-bond acceptors (Lipinski definition) is 3. The monoisotopic (exact) mass is 196 g/mol. The van der Waals surface area contributed by atoms with E-state index in [1.165, 1.54) is 5.56 Å². The lowest BCUT2D eigenvalue weighted by atomic mass is 10.1. The topological polar surface area (TPSA) is 48.0 Å². The van der Waals surface area contributed by atoms with Gasteiger partial charge in [-0.3, -0.25) is 4.79 Å². The van der Waals surface area contributed by atoms with Crippen molar-refractivity contribution in [2.75, 3.05) is 11.5 Å². The van der Waals surface area contributed by atoms with E-state index in [1.54, 1.807) is 11.6 Å². The fourth-order valence-electron chi connectivity index (χ4n) is 1.67. The SMILES string of the molecule is Cn1c2c(cc(N)c1=O)CSCC2. The summed E-state index contributed by atoms with van der Waals surface area (Å²) in [6.07, 6.45) is 0.978. The number of anilines is 1. The fourth-order valence-corrected chi connectivity index (χ4v) is 2.62. The Labute approximate surface area is 80.9 Å². The second-order valence-corrected chi connectivity index (χ2v) is 4.34. The number of fused-ring (bicyclic) bond motifs is 1. The molecule has 0 saturated carbocycles. The molecule has 0 atom stereocenters.